The topological polar surface area (TPSA) is 32.3 Å². The first kappa shape index (κ1) is 12.0. The number of aliphatic hydroxyl groups excluding tert-OH is 1. The van der Waals surface area contributed by atoms with Crippen molar-refractivity contribution in [3.8, 4) is 0 Å². The minimum Gasteiger partial charge on any atom is -0.394 e. The second kappa shape index (κ2) is 4.63. The van der Waals surface area contributed by atoms with Gasteiger partial charge in [-0.2, -0.15) is 0 Å². The number of hydrogen-bond acceptors (Lipinski definition) is 2. The smallest absolute Gasteiger partial charge is 0.0613 e. The van der Waals surface area contributed by atoms with Gasteiger partial charge in [-0.05, 0) is 31.1 Å². The van der Waals surface area contributed by atoms with Crippen molar-refractivity contribution in [3.63, 3.8) is 0 Å². The molecule has 0 amide bonds. The third-order valence-corrected chi connectivity index (χ3v) is 3.66. The van der Waals surface area contributed by atoms with E-state index in [0.29, 0.717) is 6.04 Å². The molecule has 0 saturated heterocycles. The molecule has 2 heteroatoms. The van der Waals surface area contributed by atoms with Crippen molar-refractivity contribution in [2.24, 2.45) is 11.8 Å². The Kier molecular flexibility index (Phi) is 3.96. The van der Waals surface area contributed by atoms with Crippen LogP contribution in [-0.4, -0.2) is 23.3 Å². The fourth-order valence-corrected chi connectivity index (χ4v) is 2.64. The van der Waals surface area contributed by atoms with E-state index in [1.54, 1.807) is 0 Å². The van der Waals surface area contributed by atoms with Crippen LogP contribution in [0.2, 0.25) is 0 Å². The lowest BCUT2D eigenvalue weighted by molar-refractivity contribution is 0.0700. The maximum atomic E-state index is 9.53. The molecule has 0 radical (unpaired) electrons. The molecule has 1 fully saturated rings. The van der Waals surface area contributed by atoms with Gasteiger partial charge in [0.2, 0.25) is 0 Å². The highest BCUT2D eigenvalue weighted by Gasteiger charge is 2.37. The van der Waals surface area contributed by atoms with Gasteiger partial charge in [0.25, 0.3) is 0 Å². The van der Waals surface area contributed by atoms with Gasteiger partial charge >= 0.3 is 0 Å². The fourth-order valence-electron chi connectivity index (χ4n) is 2.64. The van der Waals surface area contributed by atoms with Crippen molar-refractivity contribution in [2.75, 3.05) is 6.61 Å². The lowest BCUT2D eigenvalue weighted by Gasteiger charge is -2.43. The van der Waals surface area contributed by atoms with Gasteiger partial charge in [-0.15, -0.1) is 0 Å². The van der Waals surface area contributed by atoms with Crippen LogP contribution in [0.5, 0.6) is 0 Å². The third-order valence-electron chi connectivity index (χ3n) is 3.66. The van der Waals surface area contributed by atoms with E-state index in [9.17, 15) is 5.11 Å². The molecule has 1 aliphatic rings. The van der Waals surface area contributed by atoms with Gasteiger partial charge in [0.15, 0.2) is 0 Å². The number of aliphatic hydroxyl groups is 1. The number of hydrogen-bond donors (Lipinski definition) is 2. The van der Waals surface area contributed by atoms with Crippen LogP contribution in [0.3, 0.4) is 0 Å². The zero-order chi connectivity index (χ0) is 10.8. The van der Waals surface area contributed by atoms with E-state index in [2.05, 4.69) is 33.0 Å². The molecule has 0 aromatic carbocycles. The van der Waals surface area contributed by atoms with E-state index in [1.807, 2.05) is 0 Å². The first-order valence-corrected chi connectivity index (χ1v) is 5.87. The Morgan fingerprint density at radius 3 is 2.43 bits per heavy atom. The van der Waals surface area contributed by atoms with Gasteiger partial charge in [0, 0.05) is 11.6 Å². The molecular formula is C12H25NO. The quantitative estimate of drug-likeness (QED) is 0.730. The maximum Gasteiger partial charge on any atom is 0.0613 e. The summed E-state index contributed by atoms with van der Waals surface area (Å²) < 4.78 is 0. The van der Waals surface area contributed by atoms with Gasteiger partial charge in [0.05, 0.1) is 6.61 Å². The van der Waals surface area contributed by atoms with Crippen LogP contribution in [0.1, 0.15) is 47.0 Å². The molecule has 0 bridgehead atoms. The zero-order valence-electron chi connectivity index (χ0n) is 10.0. The summed E-state index contributed by atoms with van der Waals surface area (Å²) >= 11 is 0. The van der Waals surface area contributed by atoms with E-state index in [4.69, 9.17) is 0 Å². The average Bonchev–Trinajstić information content (AvgIpc) is 2.11. The third kappa shape index (κ3) is 2.71. The Morgan fingerprint density at radius 2 is 2.00 bits per heavy atom. The summed E-state index contributed by atoms with van der Waals surface area (Å²) in [6.45, 7) is 9.21. The highest BCUT2D eigenvalue weighted by Crippen LogP contribution is 2.36. The summed E-state index contributed by atoms with van der Waals surface area (Å²) in [6.07, 6.45) is 3.47. The van der Waals surface area contributed by atoms with Gasteiger partial charge in [-0.25, -0.2) is 0 Å². The molecule has 14 heavy (non-hydrogen) atoms. The van der Waals surface area contributed by atoms with Crippen molar-refractivity contribution in [1.82, 2.24) is 5.32 Å². The molecule has 0 spiro atoms. The van der Waals surface area contributed by atoms with E-state index in [0.717, 1.165) is 24.7 Å². The first-order chi connectivity index (χ1) is 6.49. The summed E-state index contributed by atoms with van der Waals surface area (Å²) in [6, 6.07) is 0.461. The molecule has 0 aliphatic heterocycles. The second-order valence-corrected chi connectivity index (χ2v) is 5.43. The molecule has 3 atom stereocenters. The lowest BCUT2D eigenvalue weighted by Crippen LogP contribution is -2.55. The largest absolute Gasteiger partial charge is 0.394 e. The predicted molar refractivity (Wildman–Crippen MR) is 60.3 cm³/mol. The standard InChI is InChI=1S/C12H25NO/c1-9(2)13-12(8-14)6-5-10(3)11(4)7-12/h9-11,13-14H,5-8H2,1-4H3. The van der Waals surface area contributed by atoms with E-state index in [-0.39, 0.29) is 12.1 Å². The Bertz CT molecular complexity index is 181. The Balaban J connectivity index is 2.61. The Morgan fingerprint density at radius 1 is 1.36 bits per heavy atom. The molecule has 0 aromatic heterocycles. The van der Waals surface area contributed by atoms with Crippen LogP contribution in [0.15, 0.2) is 0 Å². The summed E-state index contributed by atoms with van der Waals surface area (Å²) in [5.74, 6) is 1.53. The Hall–Kier alpha value is -0.0800. The molecule has 0 heterocycles. The predicted octanol–water partition coefficient (Wildman–Crippen LogP) is 2.17. The minimum atomic E-state index is 0.0000926. The van der Waals surface area contributed by atoms with Crippen LogP contribution < -0.4 is 5.32 Å². The fraction of sp³-hybridized carbons (Fsp3) is 1.00. The average molecular weight is 199 g/mol. The Labute approximate surface area is 88.1 Å². The highest BCUT2D eigenvalue weighted by atomic mass is 16.3. The van der Waals surface area contributed by atoms with Crippen LogP contribution in [0.4, 0.5) is 0 Å². The molecular weight excluding hydrogens is 174 g/mol. The molecule has 2 nitrogen and oxygen atoms in total. The molecule has 1 saturated carbocycles. The summed E-state index contributed by atoms with van der Waals surface area (Å²) in [5.41, 5.74) is 0.0000926. The minimum absolute atomic E-state index is 0.0000926. The van der Waals surface area contributed by atoms with Crippen molar-refractivity contribution >= 4 is 0 Å². The first-order valence-electron chi connectivity index (χ1n) is 5.87. The zero-order valence-corrected chi connectivity index (χ0v) is 10.0. The summed E-state index contributed by atoms with van der Waals surface area (Å²) in [4.78, 5) is 0. The molecule has 1 rings (SSSR count). The second-order valence-electron chi connectivity index (χ2n) is 5.43. The monoisotopic (exact) mass is 199 g/mol. The molecule has 0 aromatic rings. The highest BCUT2D eigenvalue weighted by molar-refractivity contribution is 4.95. The van der Waals surface area contributed by atoms with Crippen molar-refractivity contribution in [2.45, 2.75) is 58.5 Å². The van der Waals surface area contributed by atoms with Crippen molar-refractivity contribution in [1.29, 1.82) is 0 Å². The maximum absolute atomic E-state index is 9.53. The van der Waals surface area contributed by atoms with Crippen LogP contribution in [0.25, 0.3) is 0 Å². The van der Waals surface area contributed by atoms with Gasteiger partial charge in [0.1, 0.15) is 0 Å². The molecule has 2 N–H and O–H groups in total. The van der Waals surface area contributed by atoms with Crippen LogP contribution in [-0.2, 0) is 0 Å². The summed E-state index contributed by atoms with van der Waals surface area (Å²) in [7, 11) is 0. The van der Waals surface area contributed by atoms with E-state index in [1.165, 1.54) is 6.42 Å². The van der Waals surface area contributed by atoms with Gasteiger partial charge < -0.3 is 10.4 Å². The lowest BCUT2D eigenvalue weighted by atomic mass is 9.71. The van der Waals surface area contributed by atoms with Gasteiger partial charge in [-0.1, -0.05) is 27.7 Å². The normalized spacial score (nSPS) is 39.0. The SMILES string of the molecule is CC(C)NC1(CO)CCC(C)C(C)C1. The van der Waals surface area contributed by atoms with Crippen LogP contribution in [0, 0.1) is 11.8 Å². The number of nitrogens with one attached hydrogen (secondary N) is 1. The van der Waals surface area contributed by atoms with Crippen molar-refractivity contribution < 1.29 is 5.11 Å². The molecule has 3 unspecified atom stereocenters. The van der Waals surface area contributed by atoms with Gasteiger partial charge in [-0.3, -0.25) is 0 Å². The van der Waals surface area contributed by atoms with Crippen LogP contribution >= 0.6 is 0 Å². The molecule has 84 valence electrons. The number of rotatable bonds is 3. The van der Waals surface area contributed by atoms with E-state index >= 15 is 0 Å². The summed E-state index contributed by atoms with van der Waals surface area (Å²) in [5, 5.41) is 13.1. The molecule has 1 aliphatic carbocycles. The van der Waals surface area contributed by atoms with E-state index < -0.39 is 0 Å². The van der Waals surface area contributed by atoms with Crippen molar-refractivity contribution in [3.05, 3.63) is 0 Å².